The van der Waals surface area contributed by atoms with Crippen LogP contribution in [0.1, 0.15) is 58.2 Å². The number of nitrogens with two attached hydrogens (primary N) is 1. The van der Waals surface area contributed by atoms with Gasteiger partial charge in [-0.1, -0.05) is 34.1 Å². The van der Waals surface area contributed by atoms with Crippen LogP contribution < -0.4 is 5.73 Å². The van der Waals surface area contributed by atoms with Crippen LogP contribution in [0.4, 0.5) is 5.82 Å². The number of rotatable bonds is 4. The van der Waals surface area contributed by atoms with E-state index in [0.717, 1.165) is 23.0 Å². The first kappa shape index (κ1) is 15.4. The summed E-state index contributed by atoms with van der Waals surface area (Å²) in [6, 6.07) is 0. The molecule has 18 heavy (non-hydrogen) atoms. The maximum absolute atomic E-state index is 5.95. The highest BCUT2D eigenvalue weighted by Crippen LogP contribution is 2.33. The van der Waals surface area contributed by atoms with E-state index in [4.69, 9.17) is 10.5 Å². The fraction of sp³-hybridized carbons (Fsp3) is 0.692. The molecule has 0 fully saturated rings. The molecule has 1 unspecified atom stereocenters. The Morgan fingerprint density at radius 1 is 1.33 bits per heavy atom. The third-order valence-corrected chi connectivity index (χ3v) is 3.51. The Bertz CT molecular complexity index is 415. The lowest BCUT2D eigenvalue weighted by atomic mass is 9.91. The number of hydrogen-bond acceptors (Lipinski definition) is 4. The Morgan fingerprint density at radius 3 is 2.39 bits per heavy atom. The molecule has 1 aromatic heterocycles. The van der Waals surface area contributed by atoms with Gasteiger partial charge in [0, 0.05) is 12.5 Å². The molecule has 0 aromatic carbocycles. The van der Waals surface area contributed by atoms with Gasteiger partial charge < -0.3 is 10.5 Å². The Kier molecular flexibility index (Phi) is 5.10. The number of ether oxygens (including phenoxy) is 1. The molecule has 0 saturated heterocycles. The van der Waals surface area contributed by atoms with E-state index >= 15 is 0 Å². The van der Waals surface area contributed by atoms with Crippen molar-refractivity contribution in [3.05, 3.63) is 16.0 Å². The van der Waals surface area contributed by atoms with Gasteiger partial charge in [-0.25, -0.2) is 9.97 Å². The molecule has 0 saturated carbocycles. The molecule has 1 rings (SSSR count). The third-order valence-electron chi connectivity index (χ3n) is 2.73. The van der Waals surface area contributed by atoms with Gasteiger partial charge in [0.05, 0.1) is 10.2 Å². The third kappa shape index (κ3) is 3.42. The van der Waals surface area contributed by atoms with E-state index < -0.39 is 0 Å². The number of aromatic nitrogens is 2. The summed E-state index contributed by atoms with van der Waals surface area (Å²) in [7, 11) is 1.68. The normalized spacial score (nSPS) is 13.7. The molecule has 102 valence electrons. The number of methoxy groups -OCH3 is 1. The van der Waals surface area contributed by atoms with E-state index in [-0.39, 0.29) is 11.5 Å². The highest BCUT2D eigenvalue weighted by molar-refractivity contribution is 9.10. The van der Waals surface area contributed by atoms with Crippen LogP contribution in [-0.4, -0.2) is 17.1 Å². The van der Waals surface area contributed by atoms with Crippen LogP contribution in [0.15, 0.2) is 4.47 Å². The molecule has 2 N–H and O–H groups in total. The summed E-state index contributed by atoms with van der Waals surface area (Å²) in [6.45, 7) is 8.42. The molecule has 0 radical (unpaired) electrons. The van der Waals surface area contributed by atoms with Crippen LogP contribution in [-0.2, 0) is 10.2 Å². The molecule has 0 spiro atoms. The molecule has 0 amide bonds. The Hall–Kier alpha value is -0.680. The van der Waals surface area contributed by atoms with E-state index in [1.807, 2.05) is 0 Å². The fourth-order valence-corrected chi connectivity index (χ4v) is 2.51. The van der Waals surface area contributed by atoms with Gasteiger partial charge in [0.2, 0.25) is 0 Å². The predicted octanol–water partition coefficient (Wildman–Crippen LogP) is 3.61. The van der Waals surface area contributed by atoms with Crippen molar-refractivity contribution >= 4 is 21.7 Å². The summed E-state index contributed by atoms with van der Waals surface area (Å²) < 4.78 is 6.23. The van der Waals surface area contributed by atoms with Crippen molar-refractivity contribution in [3.8, 4) is 0 Å². The summed E-state index contributed by atoms with van der Waals surface area (Å²) in [5.74, 6) is 1.15. The van der Waals surface area contributed by atoms with Gasteiger partial charge in [-0.15, -0.1) is 0 Å². The molecule has 0 aliphatic carbocycles. The van der Waals surface area contributed by atoms with Crippen molar-refractivity contribution < 1.29 is 4.74 Å². The highest BCUT2D eigenvalue weighted by atomic mass is 79.9. The Morgan fingerprint density at radius 2 is 1.94 bits per heavy atom. The number of nitrogens with zero attached hydrogens (tertiary/aromatic N) is 2. The Labute approximate surface area is 117 Å². The zero-order valence-electron chi connectivity index (χ0n) is 11.7. The summed E-state index contributed by atoms with van der Waals surface area (Å²) in [5, 5.41) is 0. The average Bonchev–Trinajstić information content (AvgIpc) is 2.28. The lowest BCUT2D eigenvalue weighted by Crippen LogP contribution is -2.19. The standard InChI is InChI=1S/C13H22BrN3O/c1-6-7-8(18-5)12-16-10(13(2,3)4)9(14)11(15)17-12/h8H,6-7H2,1-5H3,(H2,15,16,17). The molecule has 0 bridgehead atoms. The molecule has 1 aromatic rings. The van der Waals surface area contributed by atoms with Gasteiger partial charge in [-0.05, 0) is 22.4 Å². The number of hydrogen-bond donors (Lipinski definition) is 1. The van der Waals surface area contributed by atoms with Crippen LogP contribution in [0, 0.1) is 0 Å². The minimum atomic E-state index is -0.0912. The van der Waals surface area contributed by atoms with E-state index in [1.165, 1.54) is 0 Å². The van der Waals surface area contributed by atoms with Crippen LogP contribution >= 0.6 is 15.9 Å². The fourth-order valence-electron chi connectivity index (χ4n) is 1.74. The van der Waals surface area contributed by atoms with Crippen molar-refractivity contribution in [3.63, 3.8) is 0 Å². The zero-order chi connectivity index (χ0) is 13.9. The van der Waals surface area contributed by atoms with Gasteiger partial charge in [-0.2, -0.15) is 0 Å². The monoisotopic (exact) mass is 315 g/mol. The molecular formula is C13H22BrN3O. The van der Waals surface area contributed by atoms with Crippen LogP contribution in [0.2, 0.25) is 0 Å². The quantitative estimate of drug-likeness (QED) is 0.922. The van der Waals surface area contributed by atoms with E-state index in [0.29, 0.717) is 11.6 Å². The van der Waals surface area contributed by atoms with Crippen molar-refractivity contribution in [2.24, 2.45) is 0 Å². The van der Waals surface area contributed by atoms with Gasteiger partial charge in [0.15, 0.2) is 5.82 Å². The van der Waals surface area contributed by atoms with Crippen molar-refractivity contribution in [1.29, 1.82) is 0 Å². The summed E-state index contributed by atoms with van der Waals surface area (Å²) in [4.78, 5) is 8.96. The van der Waals surface area contributed by atoms with Crippen molar-refractivity contribution in [2.75, 3.05) is 12.8 Å². The van der Waals surface area contributed by atoms with E-state index in [2.05, 4.69) is 53.6 Å². The van der Waals surface area contributed by atoms with Crippen LogP contribution in [0.25, 0.3) is 0 Å². The first-order valence-electron chi connectivity index (χ1n) is 6.17. The molecule has 0 aliphatic heterocycles. The van der Waals surface area contributed by atoms with E-state index in [1.54, 1.807) is 7.11 Å². The lowest BCUT2D eigenvalue weighted by molar-refractivity contribution is 0.0873. The molecule has 4 nitrogen and oxygen atoms in total. The second-order valence-electron chi connectivity index (χ2n) is 5.39. The first-order chi connectivity index (χ1) is 8.31. The molecule has 0 aliphatic rings. The topological polar surface area (TPSA) is 61.0 Å². The Balaban J connectivity index is 3.27. The molecule has 5 heteroatoms. The zero-order valence-corrected chi connectivity index (χ0v) is 13.3. The number of halogens is 1. The molecular weight excluding hydrogens is 294 g/mol. The smallest absolute Gasteiger partial charge is 0.159 e. The largest absolute Gasteiger partial charge is 0.383 e. The average molecular weight is 316 g/mol. The van der Waals surface area contributed by atoms with Crippen molar-refractivity contribution in [1.82, 2.24) is 9.97 Å². The lowest BCUT2D eigenvalue weighted by Gasteiger charge is -2.22. The van der Waals surface area contributed by atoms with Gasteiger partial charge >= 0.3 is 0 Å². The van der Waals surface area contributed by atoms with Crippen LogP contribution in [0.5, 0.6) is 0 Å². The minimum Gasteiger partial charge on any atom is -0.383 e. The number of nitrogen functional groups attached to an aromatic ring is 1. The second-order valence-corrected chi connectivity index (χ2v) is 6.19. The molecule has 1 heterocycles. The summed E-state index contributed by atoms with van der Waals surface area (Å²) in [6.07, 6.45) is 1.82. The van der Waals surface area contributed by atoms with Gasteiger partial charge in [-0.3, -0.25) is 0 Å². The van der Waals surface area contributed by atoms with Gasteiger partial charge in [0.25, 0.3) is 0 Å². The highest BCUT2D eigenvalue weighted by Gasteiger charge is 2.24. The maximum atomic E-state index is 5.95. The van der Waals surface area contributed by atoms with Crippen LogP contribution in [0.3, 0.4) is 0 Å². The second kappa shape index (κ2) is 5.97. The summed E-state index contributed by atoms with van der Waals surface area (Å²) in [5.41, 5.74) is 6.78. The van der Waals surface area contributed by atoms with Crippen molar-refractivity contribution in [2.45, 2.75) is 52.1 Å². The van der Waals surface area contributed by atoms with Gasteiger partial charge in [0.1, 0.15) is 11.9 Å². The molecule has 1 atom stereocenters. The first-order valence-corrected chi connectivity index (χ1v) is 6.96. The summed E-state index contributed by atoms with van der Waals surface area (Å²) >= 11 is 3.47. The predicted molar refractivity (Wildman–Crippen MR) is 77.5 cm³/mol. The number of anilines is 1. The SMILES string of the molecule is CCCC(OC)c1nc(N)c(Br)c(C(C)(C)C)n1. The minimum absolute atomic E-state index is 0.0881. The van der Waals surface area contributed by atoms with E-state index in [9.17, 15) is 0 Å². The maximum Gasteiger partial charge on any atom is 0.159 e.